The molecule has 212 valence electrons. The third-order valence-corrected chi connectivity index (χ3v) is 5.86. The number of esters is 2. The van der Waals surface area contributed by atoms with Gasteiger partial charge in [0.1, 0.15) is 50.8 Å². The highest BCUT2D eigenvalue weighted by Crippen LogP contribution is 2.29. The van der Waals surface area contributed by atoms with Crippen molar-refractivity contribution in [1.82, 2.24) is 0 Å². The molecule has 7 unspecified atom stereocenters. The minimum Gasteiger partial charge on any atom is -0.463 e. The van der Waals surface area contributed by atoms with Gasteiger partial charge >= 0.3 is 30.4 Å². The highest BCUT2D eigenvalue weighted by Gasteiger charge is 2.45. The largest absolute Gasteiger partial charge is 0.509 e. The molecule has 0 aromatic heterocycles. The number of carbonyl (C=O) groups is 5. The second kappa shape index (κ2) is 12.9. The van der Waals surface area contributed by atoms with Crippen molar-refractivity contribution in [1.29, 1.82) is 0 Å². The van der Waals surface area contributed by atoms with Gasteiger partial charge in [0.15, 0.2) is 12.2 Å². The van der Waals surface area contributed by atoms with Crippen LogP contribution in [0.2, 0.25) is 0 Å². The van der Waals surface area contributed by atoms with E-state index in [1.165, 1.54) is 0 Å². The summed E-state index contributed by atoms with van der Waals surface area (Å²) in [6.07, 6.45) is -7.60. The van der Waals surface area contributed by atoms with Crippen LogP contribution in [0.15, 0.2) is 0 Å². The number of rotatable bonds is 14. The van der Waals surface area contributed by atoms with Crippen LogP contribution in [-0.4, -0.2) is 113 Å². The molecule has 16 heteroatoms. The van der Waals surface area contributed by atoms with Crippen molar-refractivity contribution in [3.63, 3.8) is 0 Å². The number of hydrogen-bond acceptors (Lipinski definition) is 16. The maximum absolute atomic E-state index is 12.5. The molecule has 4 heterocycles. The Morgan fingerprint density at radius 3 is 2.24 bits per heavy atom. The van der Waals surface area contributed by atoms with Crippen LogP contribution in [0.1, 0.15) is 26.2 Å². The summed E-state index contributed by atoms with van der Waals surface area (Å²) < 4.78 is 56.4. The van der Waals surface area contributed by atoms with Crippen molar-refractivity contribution in [3.05, 3.63) is 0 Å². The van der Waals surface area contributed by atoms with Crippen LogP contribution in [0.25, 0.3) is 0 Å². The van der Waals surface area contributed by atoms with E-state index in [1.807, 2.05) is 6.92 Å². The molecule has 4 saturated heterocycles. The van der Waals surface area contributed by atoms with E-state index < -0.39 is 73.3 Å². The minimum absolute atomic E-state index is 0.0136. The van der Waals surface area contributed by atoms with Crippen LogP contribution in [0, 0.1) is 0 Å². The number of carbonyl (C=O) groups excluding carboxylic acids is 5. The molecule has 38 heavy (non-hydrogen) atoms. The molecule has 0 saturated carbocycles. The van der Waals surface area contributed by atoms with Gasteiger partial charge < -0.3 is 52.1 Å². The molecule has 4 aliphatic rings. The van der Waals surface area contributed by atoms with Gasteiger partial charge in [-0.2, -0.15) is 0 Å². The van der Waals surface area contributed by atoms with Crippen LogP contribution < -0.4 is 0 Å². The quantitative estimate of drug-likeness (QED) is 0.214. The van der Waals surface area contributed by atoms with Gasteiger partial charge in [0.2, 0.25) is 6.29 Å². The summed E-state index contributed by atoms with van der Waals surface area (Å²) in [4.78, 5) is 57.9. The molecule has 0 bridgehead atoms. The number of hydrogen-bond donors (Lipinski definition) is 0. The Balaban J connectivity index is 1.24. The molecule has 0 aromatic carbocycles. The Morgan fingerprint density at radius 2 is 1.58 bits per heavy atom. The lowest BCUT2D eigenvalue weighted by Crippen LogP contribution is -2.35. The standard InChI is InChI=1S/C22H28O16/c1-2-13-14(35-21(26)34-13)3-15-16(37-22(27)36-15)4-17(23)30-7-11(29-10-19-31-9-18(24)38-19)5-28-6-12-8-32-20(25)33-12/h11-16,19H,2-10H2,1H3. The van der Waals surface area contributed by atoms with E-state index in [4.69, 9.17) is 47.4 Å². The lowest BCUT2D eigenvalue weighted by Gasteiger charge is -2.21. The molecule has 4 rings (SSSR count). The Morgan fingerprint density at radius 1 is 0.868 bits per heavy atom. The topological polar surface area (TPSA) is 187 Å². The lowest BCUT2D eigenvalue weighted by atomic mass is 10.00. The van der Waals surface area contributed by atoms with Gasteiger partial charge in [-0.05, 0) is 6.42 Å². The Kier molecular flexibility index (Phi) is 9.41. The predicted octanol–water partition coefficient (Wildman–Crippen LogP) is 0.365. The van der Waals surface area contributed by atoms with Crippen molar-refractivity contribution in [2.45, 2.75) is 69.1 Å². The van der Waals surface area contributed by atoms with Gasteiger partial charge in [-0.3, -0.25) is 4.79 Å². The van der Waals surface area contributed by atoms with E-state index >= 15 is 0 Å². The smallest absolute Gasteiger partial charge is 0.463 e. The minimum atomic E-state index is -0.967. The third kappa shape index (κ3) is 7.82. The molecular formula is C22H28O16. The summed E-state index contributed by atoms with van der Waals surface area (Å²) in [6, 6.07) is 0. The van der Waals surface area contributed by atoms with Crippen molar-refractivity contribution >= 4 is 30.4 Å². The highest BCUT2D eigenvalue weighted by atomic mass is 16.8. The SMILES string of the molecule is CCC1OC(=O)OC1CC1OC(=O)OC1CC(=O)OCC(COCC1COC(=O)O1)OCC1OCC(=O)O1. The summed E-state index contributed by atoms with van der Waals surface area (Å²) in [5.74, 6) is -1.26. The van der Waals surface area contributed by atoms with Crippen LogP contribution in [-0.2, 0) is 61.7 Å². The summed E-state index contributed by atoms with van der Waals surface area (Å²) in [7, 11) is 0. The van der Waals surface area contributed by atoms with E-state index in [-0.39, 0.29) is 52.5 Å². The monoisotopic (exact) mass is 548 g/mol. The molecule has 0 N–H and O–H groups in total. The number of cyclic esters (lactones) is 7. The van der Waals surface area contributed by atoms with E-state index in [9.17, 15) is 24.0 Å². The zero-order valence-electron chi connectivity index (χ0n) is 20.4. The maximum Gasteiger partial charge on any atom is 0.509 e. The van der Waals surface area contributed by atoms with Gasteiger partial charge in [-0.25, -0.2) is 19.2 Å². The molecule has 0 aromatic rings. The molecule has 0 radical (unpaired) electrons. The first kappa shape index (κ1) is 27.7. The molecule has 4 fully saturated rings. The van der Waals surface area contributed by atoms with Crippen molar-refractivity contribution in [3.8, 4) is 0 Å². The van der Waals surface area contributed by atoms with Crippen molar-refractivity contribution in [2.75, 3.05) is 39.6 Å². The molecule has 0 aliphatic carbocycles. The first-order valence-corrected chi connectivity index (χ1v) is 12.0. The fourth-order valence-electron chi connectivity index (χ4n) is 4.01. The molecule has 16 nitrogen and oxygen atoms in total. The Labute approximate surface area is 215 Å². The summed E-state index contributed by atoms with van der Waals surface area (Å²) in [5.41, 5.74) is 0. The first-order chi connectivity index (χ1) is 18.3. The number of ether oxygens (including phenoxy) is 11. The van der Waals surface area contributed by atoms with Crippen LogP contribution in [0.4, 0.5) is 14.4 Å². The van der Waals surface area contributed by atoms with Gasteiger partial charge in [-0.1, -0.05) is 6.92 Å². The molecule has 4 aliphatic heterocycles. The van der Waals surface area contributed by atoms with E-state index in [0.29, 0.717) is 6.42 Å². The molecule has 7 atom stereocenters. The average molecular weight is 548 g/mol. The van der Waals surface area contributed by atoms with Crippen molar-refractivity contribution in [2.24, 2.45) is 0 Å². The first-order valence-electron chi connectivity index (χ1n) is 12.0. The van der Waals surface area contributed by atoms with Crippen LogP contribution >= 0.6 is 0 Å². The summed E-state index contributed by atoms with van der Waals surface area (Å²) >= 11 is 0. The zero-order chi connectivity index (χ0) is 27.1. The molecular weight excluding hydrogens is 520 g/mol. The molecule has 0 spiro atoms. The maximum atomic E-state index is 12.5. The highest BCUT2D eigenvalue weighted by molar-refractivity contribution is 5.72. The van der Waals surface area contributed by atoms with Crippen molar-refractivity contribution < 1.29 is 76.1 Å². The fraction of sp³-hybridized carbons (Fsp3) is 0.773. The van der Waals surface area contributed by atoms with Gasteiger partial charge in [0, 0.05) is 6.42 Å². The zero-order valence-corrected chi connectivity index (χ0v) is 20.4. The van der Waals surface area contributed by atoms with Gasteiger partial charge in [0.25, 0.3) is 0 Å². The normalized spacial score (nSPS) is 31.0. The lowest BCUT2D eigenvalue weighted by molar-refractivity contribution is -0.163. The van der Waals surface area contributed by atoms with E-state index in [0.717, 1.165) is 0 Å². The summed E-state index contributed by atoms with van der Waals surface area (Å²) in [6.45, 7) is 1.18. The second-order valence-corrected chi connectivity index (χ2v) is 8.68. The average Bonchev–Trinajstić information content (AvgIpc) is 3.64. The predicted molar refractivity (Wildman–Crippen MR) is 113 cm³/mol. The Bertz CT molecular complexity index is 891. The van der Waals surface area contributed by atoms with Crippen LogP contribution in [0.3, 0.4) is 0 Å². The Hall–Kier alpha value is -3.37. The van der Waals surface area contributed by atoms with E-state index in [1.54, 1.807) is 0 Å². The third-order valence-electron chi connectivity index (χ3n) is 5.86. The summed E-state index contributed by atoms with van der Waals surface area (Å²) in [5, 5.41) is 0. The molecule has 0 amide bonds. The van der Waals surface area contributed by atoms with E-state index in [2.05, 4.69) is 4.74 Å². The van der Waals surface area contributed by atoms with Gasteiger partial charge in [-0.15, -0.1) is 0 Å². The van der Waals surface area contributed by atoms with Gasteiger partial charge in [0.05, 0.1) is 19.6 Å². The second-order valence-electron chi connectivity index (χ2n) is 8.68. The fourth-order valence-corrected chi connectivity index (χ4v) is 4.01. The van der Waals surface area contributed by atoms with Crippen LogP contribution in [0.5, 0.6) is 0 Å².